The third-order valence-corrected chi connectivity index (χ3v) is 2.59. The second-order valence-corrected chi connectivity index (χ2v) is 4.79. The molecule has 0 fully saturated rings. The predicted molar refractivity (Wildman–Crippen MR) is 58.6 cm³/mol. The molecule has 0 amide bonds. The van der Waals surface area contributed by atoms with Crippen LogP contribution in [0, 0.1) is 11.3 Å². The SMILES string of the molecule is CC(C)CC(CO)(CO)Cc1nnn(C)n1. The van der Waals surface area contributed by atoms with Crippen molar-refractivity contribution in [1.82, 2.24) is 20.2 Å². The molecule has 0 aromatic carbocycles. The van der Waals surface area contributed by atoms with Crippen LogP contribution in [0.5, 0.6) is 0 Å². The number of aromatic nitrogens is 4. The van der Waals surface area contributed by atoms with E-state index >= 15 is 0 Å². The smallest absolute Gasteiger partial charge is 0.175 e. The Balaban J connectivity index is 2.77. The van der Waals surface area contributed by atoms with E-state index in [9.17, 15) is 10.2 Å². The number of tetrazole rings is 1. The van der Waals surface area contributed by atoms with Crippen molar-refractivity contribution in [2.24, 2.45) is 18.4 Å². The van der Waals surface area contributed by atoms with Gasteiger partial charge in [-0.3, -0.25) is 0 Å². The third-order valence-electron chi connectivity index (χ3n) is 2.59. The van der Waals surface area contributed by atoms with Gasteiger partial charge in [-0.25, -0.2) is 0 Å². The fraction of sp³-hybridized carbons (Fsp3) is 0.900. The normalized spacial score (nSPS) is 12.4. The Morgan fingerprint density at radius 1 is 1.31 bits per heavy atom. The van der Waals surface area contributed by atoms with Gasteiger partial charge in [0.1, 0.15) is 0 Å². The molecule has 0 unspecified atom stereocenters. The molecule has 16 heavy (non-hydrogen) atoms. The van der Waals surface area contributed by atoms with Crippen LogP contribution in [0.2, 0.25) is 0 Å². The lowest BCUT2D eigenvalue weighted by molar-refractivity contribution is 0.0353. The van der Waals surface area contributed by atoms with Crippen LogP contribution >= 0.6 is 0 Å². The lowest BCUT2D eigenvalue weighted by atomic mass is 9.78. The van der Waals surface area contributed by atoms with Gasteiger partial charge in [-0.15, -0.1) is 10.2 Å². The zero-order valence-electron chi connectivity index (χ0n) is 10.1. The maximum absolute atomic E-state index is 9.45. The van der Waals surface area contributed by atoms with Gasteiger partial charge in [0.05, 0.1) is 20.3 Å². The Kier molecular flexibility index (Phi) is 4.37. The quantitative estimate of drug-likeness (QED) is 0.702. The summed E-state index contributed by atoms with van der Waals surface area (Å²) in [5.74, 6) is 0.960. The van der Waals surface area contributed by atoms with Gasteiger partial charge in [0.25, 0.3) is 0 Å². The van der Waals surface area contributed by atoms with Crippen LogP contribution in [-0.4, -0.2) is 43.6 Å². The average molecular weight is 228 g/mol. The van der Waals surface area contributed by atoms with Gasteiger partial charge in [-0.05, 0) is 17.6 Å². The van der Waals surface area contributed by atoms with Gasteiger partial charge in [-0.2, -0.15) is 4.80 Å². The summed E-state index contributed by atoms with van der Waals surface area (Å²) in [4.78, 5) is 1.38. The van der Waals surface area contributed by atoms with Crippen LogP contribution in [0.3, 0.4) is 0 Å². The number of aryl methyl sites for hydroxylation is 1. The van der Waals surface area contributed by atoms with E-state index in [1.165, 1.54) is 4.80 Å². The summed E-state index contributed by atoms with van der Waals surface area (Å²) in [6.07, 6.45) is 1.18. The summed E-state index contributed by atoms with van der Waals surface area (Å²) < 4.78 is 0. The molecule has 0 bridgehead atoms. The average Bonchev–Trinajstić information content (AvgIpc) is 2.62. The van der Waals surface area contributed by atoms with Gasteiger partial charge in [0, 0.05) is 11.8 Å². The lowest BCUT2D eigenvalue weighted by Crippen LogP contribution is -2.34. The van der Waals surface area contributed by atoms with Crippen molar-refractivity contribution in [3.05, 3.63) is 5.82 Å². The Bertz CT molecular complexity index is 320. The first-order chi connectivity index (χ1) is 7.51. The highest BCUT2D eigenvalue weighted by atomic mass is 16.3. The molecule has 1 aromatic rings. The van der Waals surface area contributed by atoms with Gasteiger partial charge in [0.15, 0.2) is 5.82 Å². The minimum atomic E-state index is -0.544. The number of aliphatic hydroxyl groups is 2. The molecule has 1 rings (SSSR count). The molecule has 92 valence electrons. The molecule has 2 N–H and O–H groups in total. The van der Waals surface area contributed by atoms with Crippen LogP contribution in [0.15, 0.2) is 0 Å². The molecule has 0 saturated heterocycles. The lowest BCUT2D eigenvalue weighted by Gasteiger charge is -2.30. The molecular weight excluding hydrogens is 208 g/mol. The van der Waals surface area contributed by atoms with Crippen molar-refractivity contribution in [1.29, 1.82) is 0 Å². The van der Waals surface area contributed by atoms with E-state index in [-0.39, 0.29) is 13.2 Å². The zero-order chi connectivity index (χ0) is 12.2. The van der Waals surface area contributed by atoms with Crippen molar-refractivity contribution in [2.75, 3.05) is 13.2 Å². The molecule has 1 heterocycles. The fourth-order valence-corrected chi connectivity index (χ4v) is 1.96. The van der Waals surface area contributed by atoms with E-state index in [0.29, 0.717) is 18.2 Å². The number of rotatable bonds is 6. The summed E-state index contributed by atoms with van der Waals surface area (Å²) >= 11 is 0. The fourth-order valence-electron chi connectivity index (χ4n) is 1.96. The van der Waals surface area contributed by atoms with Gasteiger partial charge in [0.2, 0.25) is 0 Å². The number of aliphatic hydroxyl groups excluding tert-OH is 2. The van der Waals surface area contributed by atoms with Crippen molar-refractivity contribution in [3.63, 3.8) is 0 Å². The maximum Gasteiger partial charge on any atom is 0.175 e. The highest BCUT2D eigenvalue weighted by Gasteiger charge is 2.31. The topological polar surface area (TPSA) is 84.1 Å². The second kappa shape index (κ2) is 5.36. The number of nitrogens with zero attached hydrogens (tertiary/aromatic N) is 4. The molecule has 0 aliphatic carbocycles. The van der Waals surface area contributed by atoms with E-state index in [2.05, 4.69) is 29.3 Å². The first-order valence-corrected chi connectivity index (χ1v) is 5.46. The number of hydrogen-bond donors (Lipinski definition) is 2. The Labute approximate surface area is 95.3 Å². The van der Waals surface area contributed by atoms with E-state index in [0.717, 1.165) is 6.42 Å². The predicted octanol–water partition coefficient (Wildman–Crippen LogP) is -0.230. The van der Waals surface area contributed by atoms with Gasteiger partial charge >= 0.3 is 0 Å². The van der Waals surface area contributed by atoms with Crippen LogP contribution in [0.4, 0.5) is 0 Å². The molecule has 0 saturated carbocycles. The summed E-state index contributed by atoms with van der Waals surface area (Å²) in [5.41, 5.74) is -0.544. The standard InChI is InChI=1S/C10H20N4O2/c1-8(2)4-10(6-15,7-16)5-9-11-13-14(3)12-9/h8,15-16H,4-7H2,1-3H3. The van der Waals surface area contributed by atoms with Gasteiger partial charge < -0.3 is 10.2 Å². The monoisotopic (exact) mass is 228 g/mol. The van der Waals surface area contributed by atoms with Crippen LogP contribution < -0.4 is 0 Å². The largest absolute Gasteiger partial charge is 0.396 e. The van der Waals surface area contributed by atoms with Crippen molar-refractivity contribution in [2.45, 2.75) is 26.7 Å². The Morgan fingerprint density at radius 2 is 1.94 bits per heavy atom. The molecular formula is C10H20N4O2. The molecule has 0 aliphatic heterocycles. The zero-order valence-corrected chi connectivity index (χ0v) is 10.1. The third kappa shape index (κ3) is 3.24. The van der Waals surface area contributed by atoms with E-state index in [1.807, 2.05) is 0 Å². The summed E-state index contributed by atoms with van der Waals surface area (Å²) in [5, 5.41) is 30.6. The van der Waals surface area contributed by atoms with Crippen molar-refractivity contribution >= 4 is 0 Å². The first kappa shape index (κ1) is 13.1. The summed E-state index contributed by atoms with van der Waals surface area (Å²) in [6.45, 7) is 3.98. The maximum atomic E-state index is 9.45. The second-order valence-electron chi connectivity index (χ2n) is 4.79. The van der Waals surface area contributed by atoms with Crippen LogP contribution in [0.25, 0.3) is 0 Å². The molecule has 6 nitrogen and oxygen atoms in total. The van der Waals surface area contributed by atoms with E-state index in [1.54, 1.807) is 7.05 Å². The van der Waals surface area contributed by atoms with E-state index in [4.69, 9.17) is 0 Å². The molecule has 0 radical (unpaired) electrons. The van der Waals surface area contributed by atoms with Crippen LogP contribution in [0.1, 0.15) is 26.1 Å². The van der Waals surface area contributed by atoms with E-state index < -0.39 is 5.41 Å². The Morgan fingerprint density at radius 3 is 2.31 bits per heavy atom. The molecule has 0 aliphatic rings. The van der Waals surface area contributed by atoms with Crippen LogP contribution in [-0.2, 0) is 13.5 Å². The number of hydrogen-bond acceptors (Lipinski definition) is 5. The Hall–Kier alpha value is -1.01. The minimum Gasteiger partial charge on any atom is -0.396 e. The highest BCUT2D eigenvalue weighted by molar-refractivity contribution is 4.91. The first-order valence-electron chi connectivity index (χ1n) is 5.46. The summed E-state index contributed by atoms with van der Waals surface area (Å²) in [7, 11) is 1.69. The molecule has 0 atom stereocenters. The molecule has 0 spiro atoms. The highest BCUT2D eigenvalue weighted by Crippen LogP contribution is 2.28. The van der Waals surface area contributed by atoms with Gasteiger partial charge in [-0.1, -0.05) is 13.8 Å². The minimum absolute atomic E-state index is 0.0695. The molecule has 6 heteroatoms. The summed E-state index contributed by atoms with van der Waals surface area (Å²) in [6, 6.07) is 0. The van der Waals surface area contributed by atoms with Crippen molar-refractivity contribution < 1.29 is 10.2 Å². The van der Waals surface area contributed by atoms with Crippen molar-refractivity contribution in [3.8, 4) is 0 Å². The molecule has 1 aromatic heterocycles.